The zero-order valence-corrected chi connectivity index (χ0v) is 48.6. The van der Waals surface area contributed by atoms with E-state index in [-0.39, 0.29) is 82.4 Å². The molecule has 436 valence electrons. The average molecular weight is 1140 g/mol. The van der Waals surface area contributed by atoms with E-state index < -0.39 is 29.5 Å². The number of hydrogen-bond acceptors (Lipinski definition) is 16. The Labute approximate surface area is 484 Å². The SMILES string of the molecule is CC1=C(c2ccc(CNC(=O)[C@@H]3C[C@@H](O)CN3C(=O)[C@@H](NC(=O)CCOCCOCCOCCC(=O)N3CCN(Cc4ccc(C(=O)Nc5ccc(C)c(Nc6nccc(-c7cccnc7)n6)c5)cc4)CC3)C(C)(C)C)cc2)SC(C)N1. The lowest BCUT2D eigenvalue weighted by molar-refractivity contribution is -0.144. The van der Waals surface area contributed by atoms with Crippen molar-refractivity contribution in [1.29, 1.82) is 0 Å². The monoisotopic (exact) mass is 1140 g/mol. The van der Waals surface area contributed by atoms with Gasteiger partial charge in [-0.2, -0.15) is 0 Å². The number of aliphatic hydroxyl groups is 1. The number of thioether (sulfide) groups is 1. The van der Waals surface area contributed by atoms with E-state index in [0.29, 0.717) is 55.4 Å². The van der Waals surface area contributed by atoms with Crippen molar-refractivity contribution in [3.8, 4) is 11.3 Å². The zero-order chi connectivity index (χ0) is 58.2. The molecule has 3 aliphatic heterocycles. The van der Waals surface area contributed by atoms with Crippen molar-refractivity contribution in [3.05, 3.63) is 137 Å². The van der Waals surface area contributed by atoms with Gasteiger partial charge in [-0.05, 0) is 90.9 Å². The number of aliphatic hydroxyl groups excluding tert-OH is 1. The van der Waals surface area contributed by atoms with Gasteiger partial charge in [0.15, 0.2) is 0 Å². The Hall–Kier alpha value is -7.27. The van der Waals surface area contributed by atoms with Crippen molar-refractivity contribution in [2.45, 2.75) is 97.5 Å². The van der Waals surface area contributed by atoms with Gasteiger partial charge in [0.1, 0.15) is 12.1 Å². The first-order valence-electron chi connectivity index (χ1n) is 28.0. The molecule has 5 aromatic rings. The molecule has 0 spiro atoms. The van der Waals surface area contributed by atoms with Crippen LogP contribution in [0.5, 0.6) is 0 Å². The quantitative estimate of drug-likeness (QED) is 0.0342. The minimum Gasteiger partial charge on any atom is -0.391 e. The zero-order valence-electron chi connectivity index (χ0n) is 47.7. The first-order valence-corrected chi connectivity index (χ1v) is 28.9. The van der Waals surface area contributed by atoms with Crippen LogP contribution in [0.15, 0.2) is 109 Å². The number of carbonyl (C=O) groups is 5. The Kier molecular flexibility index (Phi) is 21.6. The van der Waals surface area contributed by atoms with Crippen molar-refractivity contribution in [3.63, 3.8) is 0 Å². The number of carbonyl (C=O) groups excluding carboxylic acids is 5. The summed E-state index contributed by atoms with van der Waals surface area (Å²) in [5.74, 6) is -0.910. The predicted octanol–water partition coefficient (Wildman–Crippen LogP) is 6.50. The molecular formula is C61H77N11O9S. The molecule has 20 nitrogen and oxygen atoms in total. The first-order chi connectivity index (χ1) is 39.5. The Morgan fingerprint density at radius 2 is 1.51 bits per heavy atom. The lowest BCUT2D eigenvalue weighted by Crippen LogP contribution is -2.57. The summed E-state index contributed by atoms with van der Waals surface area (Å²) in [4.78, 5) is 86.8. The van der Waals surface area contributed by atoms with Crippen LogP contribution >= 0.6 is 11.8 Å². The van der Waals surface area contributed by atoms with Crippen molar-refractivity contribution >= 4 is 63.5 Å². The van der Waals surface area contributed by atoms with Gasteiger partial charge in [0.05, 0.1) is 63.2 Å². The molecule has 0 radical (unpaired) electrons. The highest BCUT2D eigenvalue weighted by molar-refractivity contribution is 8.09. The van der Waals surface area contributed by atoms with E-state index in [9.17, 15) is 29.1 Å². The minimum atomic E-state index is -0.941. The molecule has 2 aromatic heterocycles. The summed E-state index contributed by atoms with van der Waals surface area (Å²) in [6.07, 6.45) is 4.67. The highest BCUT2D eigenvalue weighted by Gasteiger charge is 2.44. The number of likely N-dealkylation sites (tertiary alicyclic amines) is 1. The maximum atomic E-state index is 14.0. The third-order valence-electron chi connectivity index (χ3n) is 14.4. The second-order valence-corrected chi connectivity index (χ2v) is 23.2. The number of piperazine rings is 1. The summed E-state index contributed by atoms with van der Waals surface area (Å²) in [5.41, 5.74) is 8.07. The van der Waals surface area contributed by atoms with Gasteiger partial charge in [0, 0.05) is 110 Å². The van der Waals surface area contributed by atoms with Gasteiger partial charge in [0.25, 0.3) is 5.91 Å². The van der Waals surface area contributed by atoms with E-state index in [1.54, 1.807) is 30.4 Å². The molecule has 3 aromatic carbocycles. The van der Waals surface area contributed by atoms with E-state index in [2.05, 4.69) is 60.3 Å². The summed E-state index contributed by atoms with van der Waals surface area (Å²) in [7, 11) is 0. The highest BCUT2D eigenvalue weighted by Crippen LogP contribution is 2.38. The van der Waals surface area contributed by atoms with E-state index in [4.69, 9.17) is 14.2 Å². The van der Waals surface area contributed by atoms with Crippen LogP contribution in [0.3, 0.4) is 0 Å². The number of anilines is 3. The number of hydrogen-bond donors (Lipinski definition) is 6. The first kappa shape index (κ1) is 60.8. The van der Waals surface area contributed by atoms with Crippen LogP contribution < -0.4 is 26.6 Å². The van der Waals surface area contributed by atoms with Crippen molar-refractivity contribution in [2.24, 2.45) is 5.41 Å². The maximum Gasteiger partial charge on any atom is 0.255 e. The van der Waals surface area contributed by atoms with Gasteiger partial charge in [-0.3, -0.25) is 33.9 Å². The summed E-state index contributed by atoms with van der Waals surface area (Å²) in [6, 6.07) is 25.1. The van der Waals surface area contributed by atoms with Crippen LogP contribution in [-0.2, 0) is 46.5 Å². The number of ether oxygens (including phenoxy) is 3. The fourth-order valence-electron chi connectivity index (χ4n) is 9.84. The van der Waals surface area contributed by atoms with E-state index >= 15 is 0 Å². The molecule has 8 rings (SSSR count). The molecule has 0 aliphatic carbocycles. The molecule has 3 aliphatic rings. The summed E-state index contributed by atoms with van der Waals surface area (Å²) < 4.78 is 16.9. The molecule has 1 unspecified atom stereocenters. The van der Waals surface area contributed by atoms with Gasteiger partial charge < -0.3 is 55.7 Å². The smallest absolute Gasteiger partial charge is 0.255 e. The van der Waals surface area contributed by atoms with Gasteiger partial charge >= 0.3 is 0 Å². The Balaban J connectivity index is 0.654. The largest absolute Gasteiger partial charge is 0.391 e. The average Bonchev–Trinajstić information content (AvgIpc) is 4.12. The number of benzene rings is 3. The van der Waals surface area contributed by atoms with Crippen LogP contribution in [0, 0.1) is 12.3 Å². The van der Waals surface area contributed by atoms with Crippen molar-refractivity contribution in [1.82, 2.24) is 45.6 Å². The Bertz CT molecular complexity index is 3010. The molecule has 0 saturated carbocycles. The normalized spacial score (nSPS) is 17.8. The van der Waals surface area contributed by atoms with Gasteiger partial charge in [0.2, 0.25) is 29.6 Å². The summed E-state index contributed by atoms with van der Waals surface area (Å²) in [5, 5.41) is 26.4. The number of aromatic nitrogens is 3. The number of pyridine rings is 1. The Morgan fingerprint density at radius 3 is 2.18 bits per heavy atom. The molecule has 82 heavy (non-hydrogen) atoms. The second kappa shape index (κ2) is 29.1. The van der Waals surface area contributed by atoms with Crippen molar-refractivity contribution in [2.75, 3.05) is 83.0 Å². The number of rotatable bonds is 25. The predicted molar refractivity (Wildman–Crippen MR) is 316 cm³/mol. The Morgan fingerprint density at radius 1 is 0.817 bits per heavy atom. The van der Waals surface area contributed by atoms with Crippen LogP contribution in [0.1, 0.15) is 86.5 Å². The minimum absolute atomic E-state index is 0.0104. The number of nitrogens with zero attached hydrogens (tertiary/aromatic N) is 6. The highest BCUT2D eigenvalue weighted by atomic mass is 32.2. The topological polar surface area (TPSA) is 242 Å². The van der Waals surface area contributed by atoms with Gasteiger partial charge in [-0.1, -0.05) is 75.0 Å². The fraction of sp³-hybridized carbons (Fsp3) is 0.443. The fourth-order valence-corrected chi connectivity index (χ4v) is 10.9. The molecule has 2 fully saturated rings. The van der Waals surface area contributed by atoms with Crippen LogP contribution in [-0.4, -0.2) is 160 Å². The molecule has 21 heteroatoms. The number of amides is 5. The van der Waals surface area contributed by atoms with Crippen LogP contribution in [0.4, 0.5) is 17.3 Å². The third-order valence-corrected chi connectivity index (χ3v) is 15.6. The molecule has 0 bridgehead atoms. The van der Waals surface area contributed by atoms with Crippen LogP contribution in [0.25, 0.3) is 16.2 Å². The molecule has 2 saturated heterocycles. The molecule has 6 N–H and O–H groups in total. The summed E-state index contributed by atoms with van der Waals surface area (Å²) in [6.45, 7) is 16.9. The molecule has 5 heterocycles. The standard InChI is InChI=1S/C61H77N11O9S/c1-40-9-18-48(34-51(40)68-60-63-23-19-50(67-60)47-8-7-22-62-37-47)66-57(76)46-16-12-44(13-17-46)38-70-24-26-71(27-25-70)54(75)21-29-80-31-33-81-32-30-79-28-20-53(74)69-56(61(4,5)6)59(78)72-39-49(73)35-52(72)58(77)64-36-43-10-14-45(15-11-43)55-41(2)65-42(3)82-55/h7-19,22-23,34,37,42,49,52,56,65,73H,20-21,24-33,35-36,38-39H2,1-6H3,(H,64,77)(H,66,76)(H,69,74)(H,63,67,68)/t42?,49-,52+,56-/m1/s1. The van der Waals surface area contributed by atoms with Crippen LogP contribution in [0.2, 0.25) is 0 Å². The number of β-amino-alcohol motifs (C(OH)–C–C–N with tert-alkyl or cyclic N) is 1. The molecule has 5 amide bonds. The van der Waals surface area contributed by atoms with Crippen molar-refractivity contribution < 1.29 is 43.3 Å². The van der Waals surface area contributed by atoms with Gasteiger partial charge in [-0.25, -0.2) is 9.97 Å². The summed E-state index contributed by atoms with van der Waals surface area (Å²) >= 11 is 1.77. The number of nitrogens with one attached hydrogen (secondary N) is 5. The maximum absolute atomic E-state index is 14.0. The lowest BCUT2D eigenvalue weighted by Gasteiger charge is -2.35. The number of allylic oxidation sites excluding steroid dienone is 1. The molecule has 4 atom stereocenters. The number of aryl methyl sites for hydroxylation is 1. The van der Waals surface area contributed by atoms with E-state index in [0.717, 1.165) is 58.0 Å². The van der Waals surface area contributed by atoms with E-state index in [1.165, 1.54) is 9.81 Å². The van der Waals surface area contributed by atoms with E-state index in [1.807, 2.05) is 118 Å². The lowest BCUT2D eigenvalue weighted by atomic mass is 9.85. The third kappa shape index (κ3) is 17.4. The molecular weight excluding hydrogens is 1060 g/mol. The second-order valence-electron chi connectivity index (χ2n) is 21.8. The van der Waals surface area contributed by atoms with Gasteiger partial charge in [-0.15, -0.1) is 0 Å².